The summed E-state index contributed by atoms with van der Waals surface area (Å²) in [5.41, 5.74) is 5.21. The van der Waals surface area contributed by atoms with E-state index in [1.54, 1.807) is 0 Å². The lowest BCUT2D eigenvalue weighted by molar-refractivity contribution is -0.121. The second-order valence-corrected chi connectivity index (χ2v) is 7.19. The van der Waals surface area contributed by atoms with Gasteiger partial charge in [0.2, 0.25) is 5.91 Å². The minimum absolute atomic E-state index is 0.0346. The average Bonchev–Trinajstić information content (AvgIpc) is 3.02. The van der Waals surface area contributed by atoms with Crippen molar-refractivity contribution in [3.63, 3.8) is 0 Å². The van der Waals surface area contributed by atoms with Crippen LogP contribution in [0.3, 0.4) is 0 Å². The van der Waals surface area contributed by atoms with E-state index in [1.807, 2.05) is 0 Å². The van der Waals surface area contributed by atoms with Gasteiger partial charge in [0.25, 0.3) is 0 Å². The van der Waals surface area contributed by atoms with Crippen LogP contribution in [0, 0.1) is 11.8 Å². The van der Waals surface area contributed by atoms with Gasteiger partial charge in [0.1, 0.15) is 0 Å². The molecule has 2 unspecified atom stereocenters. The molecule has 1 aromatic carbocycles. The number of allylic oxidation sites excluding steroid dienone is 2. The molecule has 0 spiro atoms. The highest BCUT2D eigenvalue weighted by Crippen LogP contribution is 2.40. The van der Waals surface area contributed by atoms with E-state index in [1.165, 1.54) is 11.4 Å². The molecule has 0 aromatic heterocycles. The molecule has 1 aromatic rings. The van der Waals surface area contributed by atoms with E-state index in [9.17, 15) is 4.79 Å². The zero-order chi connectivity index (χ0) is 17.1. The fourth-order valence-electron chi connectivity index (χ4n) is 3.98. The van der Waals surface area contributed by atoms with Crippen molar-refractivity contribution in [2.75, 3.05) is 37.6 Å². The highest BCUT2D eigenvalue weighted by atomic mass is 16.2. The van der Waals surface area contributed by atoms with Crippen molar-refractivity contribution in [2.24, 2.45) is 16.9 Å². The van der Waals surface area contributed by atoms with Gasteiger partial charge in [0, 0.05) is 56.5 Å². The Bertz CT molecular complexity index is 662. The Labute approximate surface area is 149 Å². The number of piperazine rings is 1. The number of hydrogen-bond donors (Lipinski definition) is 1. The van der Waals surface area contributed by atoms with Crippen LogP contribution in [0.2, 0.25) is 0 Å². The summed E-state index contributed by atoms with van der Waals surface area (Å²) >= 11 is 0. The molecule has 1 N–H and O–H groups in total. The number of rotatable bonds is 5. The van der Waals surface area contributed by atoms with Gasteiger partial charge >= 0.3 is 0 Å². The SMILES string of the molecule is O=C(CCN1CCN(c2ccccc2)CC1)N/N=C1\CC2C=CCC12. The topological polar surface area (TPSA) is 47.9 Å². The van der Waals surface area contributed by atoms with Crippen molar-refractivity contribution in [3.8, 4) is 0 Å². The molecule has 0 bridgehead atoms. The van der Waals surface area contributed by atoms with E-state index < -0.39 is 0 Å². The van der Waals surface area contributed by atoms with Gasteiger partial charge in [-0.05, 0) is 30.9 Å². The maximum Gasteiger partial charge on any atom is 0.241 e. The first-order chi connectivity index (χ1) is 12.3. The monoisotopic (exact) mass is 338 g/mol. The third-order valence-corrected chi connectivity index (χ3v) is 5.64. The fraction of sp³-hybridized carbons (Fsp3) is 0.500. The smallest absolute Gasteiger partial charge is 0.241 e. The Morgan fingerprint density at radius 3 is 2.72 bits per heavy atom. The minimum atomic E-state index is 0.0346. The predicted octanol–water partition coefficient (Wildman–Crippen LogP) is 2.27. The highest BCUT2D eigenvalue weighted by molar-refractivity contribution is 5.94. The Hall–Kier alpha value is -2.14. The molecule has 1 heterocycles. The van der Waals surface area contributed by atoms with Gasteiger partial charge in [0.15, 0.2) is 0 Å². The first-order valence-corrected chi connectivity index (χ1v) is 9.34. The summed E-state index contributed by atoms with van der Waals surface area (Å²) < 4.78 is 0. The van der Waals surface area contributed by atoms with Crippen LogP contribution < -0.4 is 10.3 Å². The van der Waals surface area contributed by atoms with E-state index in [0.29, 0.717) is 18.3 Å². The number of amides is 1. The summed E-state index contributed by atoms with van der Waals surface area (Å²) in [5.74, 6) is 1.27. The molecular weight excluding hydrogens is 312 g/mol. The molecule has 4 rings (SSSR count). The molecule has 3 aliphatic rings. The molecule has 5 nitrogen and oxygen atoms in total. The summed E-state index contributed by atoms with van der Waals surface area (Å²) in [7, 11) is 0. The lowest BCUT2D eigenvalue weighted by atomic mass is 9.74. The molecule has 1 saturated heterocycles. The third-order valence-electron chi connectivity index (χ3n) is 5.64. The average molecular weight is 338 g/mol. The molecule has 1 aliphatic heterocycles. The molecule has 1 amide bonds. The molecule has 0 radical (unpaired) electrons. The van der Waals surface area contributed by atoms with Crippen LogP contribution in [0.5, 0.6) is 0 Å². The Morgan fingerprint density at radius 1 is 1.16 bits per heavy atom. The third kappa shape index (κ3) is 3.76. The van der Waals surface area contributed by atoms with Crippen LogP contribution in [0.4, 0.5) is 5.69 Å². The van der Waals surface area contributed by atoms with E-state index >= 15 is 0 Å². The van der Waals surface area contributed by atoms with Crippen LogP contribution in [-0.4, -0.2) is 49.2 Å². The van der Waals surface area contributed by atoms with Crippen molar-refractivity contribution in [2.45, 2.75) is 19.3 Å². The first kappa shape index (κ1) is 16.3. The number of hydrogen-bond acceptors (Lipinski definition) is 4. The van der Waals surface area contributed by atoms with Gasteiger partial charge in [-0.2, -0.15) is 5.10 Å². The van der Waals surface area contributed by atoms with Gasteiger partial charge in [0.05, 0.1) is 0 Å². The van der Waals surface area contributed by atoms with Crippen molar-refractivity contribution in [1.29, 1.82) is 0 Å². The summed E-state index contributed by atoms with van der Waals surface area (Å²) in [4.78, 5) is 16.8. The van der Waals surface area contributed by atoms with Crippen molar-refractivity contribution in [1.82, 2.24) is 10.3 Å². The van der Waals surface area contributed by atoms with Crippen LogP contribution in [0.15, 0.2) is 47.6 Å². The second kappa shape index (κ2) is 7.40. The van der Waals surface area contributed by atoms with Gasteiger partial charge in [-0.1, -0.05) is 30.4 Å². The molecule has 1 saturated carbocycles. The van der Waals surface area contributed by atoms with Gasteiger partial charge in [-0.15, -0.1) is 0 Å². The summed E-state index contributed by atoms with van der Waals surface area (Å²) in [5, 5.41) is 4.34. The number of fused-ring (bicyclic) bond motifs is 1. The maximum absolute atomic E-state index is 12.0. The van der Waals surface area contributed by atoms with Crippen molar-refractivity contribution < 1.29 is 4.79 Å². The number of carbonyl (C=O) groups excluding carboxylic acids is 1. The summed E-state index contributed by atoms with van der Waals surface area (Å²) in [6, 6.07) is 10.5. The minimum Gasteiger partial charge on any atom is -0.369 e. The lowest BCUT2D eigenvalue weighted by Crippen LogP contribution is -2.47. The van der Waals surface area contributed by atoms with Crippen LogP contribution in [-0.2, 0) is 4.79 Å². The Balaban J connectivity index is 1.16. The quantitative estimate of drug-likeness (QED) is 0.662. The predicted molar refractivity (Wildman–Crippen MR) is 101 cm³/mol. The second-order valence-electron chi connectivity index (χ2n) is 7.19. The molecule has 2 aliphatic carbocycles. The number of carbonyl (C=O) groups is 1. The number of hydrazone groups is 1. The van der Waals surface area contributed by atoms with Gasteiger partial charge in [-0.25, -0.2) is 5.43 Å². The van der Waals surface area contributed by atoms with Crippen LogP contribution in [0.1, 0.15) is 19.3 Å². The Morgan fingerprint density at radius 2 is 1.96 bits per heavy atom. The zero-order valence-corrected chi connectivity index (χ0v) is 14.6. The van der Waals surface area contributed by atoms with E-state index in [0.717, 1.165) is 45.6 Å². The lowest BCUT2D eigenvalue weighted by Gasteiger charge is -2.36. The highest BCUT2D eigenvalue weighted by Gasteiger charge is 2.37. The van der Waals surface area contributed by atoms with Crippen molar-refractivity contribution in [3.05, 3.63) is 42.5 Å². The number of nitrogens with zero attached hydrogens (tertiary/aromatic N) is 3. The van der Waals surface area contributed by atoms with E-state index in [2.05, 4.69) is 62.8 Å². The van der Waals surface area contributed by atoms with Gasteiger partial charge in [-0.3, -0.25) is 9.69 Å². The fourth-order valence-corrected chi connectivity index (χ4v) is 3.98. The molecule has 2 fully saturated rings. The molecule has 25 heavy (non-hydrogen) atoms. The van der Waals surface area contributed by atoms with Crippen LogP contribution >= 0.6 is 0 Å². The number of nitrogens with one attached hydrogen (secondary N) is 1. The molecular formula is C20H26N4O. The maximum atomic E-state index is 12.0. The largest absolute Gasteiger partial charge is 0.369 e. The van der Waals surface area contributed by atoms with Crippen molar-refractivity contribution >= 4 is 17.3 Å². The molecule has 5 heteroatoms. The number of para-hydroxylation sites is 1. The number of anilines is 1. The number of benzene rings is 1. The normalized spacial score (nSPS) is 27.2. The van der Waals surface area contributed by atoms with Gasteiger partial charge < -0.3 is 4.90 Å². The summed E-state index contributed by atoms with van der Waals surface area (Å²) in [6.45, 7) is 4.86. The summed E-state index contributed by atoms with van der Waals surface area (Å²) in [6.07, 6.45) is 7.14. The Kier molecular flexibility index (Phi) is 4.83. The van der Waals surface area contributed by atoms with Crippen LogP contribution in [0.25, 0.3) is 0 Å². The zero-order valence-electron chi connectivity index (χ0n) is 14.6. The molecule has 2 atom stereocenters. The van der Waals surface area contributed by atoms with E-state index in [-0.39, 0.29) is 5.91 Å². The first-order valence-electron chi connectivity index (χ1n) is 9.34. The molecule has 132 valence electrons. The standard InChI is InChI=1S/C20H26N4O/c25-20(22-21-19-15-16-5-4-8-18(16)19)9-10-23-11-13-24(14-12-23)17-6-2-1-3-7-17/h1-7,16,18H,8-15H2,(H,22,25)/b21-19+. The van der Waals surface area contributed by atoms with E-state index in [4.69, 9.17) is 0 Å².